The second-order valence-corrected chi connectivity index (χ2v) is 9.48. The van der Waals surface area contributed by atoms with Gasteiger partial charge < -0.3 is 9.88 Å². The van der Waals surface area contributed by atoms with Crippen LogP contribution in [0.2, 0.25) is 5.02 Å². The molecule has 0 unspecified atom stereocenters. The molecule has 1 aromatic heterocycles. The Morgan fingerprint density at radius 1 is 1.09 bits per heavy atom. The maximum absolute atomic E-state index is 12.8. The van der Waals surface area contributed by atoms with Crippen LogP contribution in [-0.4, -0.2) is 21.2 Å². The number of nitrogens with one attached hydrogen (secondary N) is 1. The van der Waals surface area contributed by atoms with Crippen LogP contribution in [0.1, 0.15) is 35.6 Å². The summed E-state index contributed by atoms with van der Waals surface area (Å²) in [5.41, 5.74) is 5.65. The van der Waals surface area contributed by atoms with E-state index < -0.39 is 0 Å². The lowest BCUT2D eigenvalue weighted by atomic mass is 9.88. The predicted octanol–water partition coefficient (Wildman–Crippen LogP) is 6.02. The summed E-state index contributed by atoms with van der Waals surface area (Å²) in [5, 5.41) is 4.72. The molecule has 6 heteroatoms. The Labute approximate surface area is 197 Å². The summed E-state index contributed by atoms with van der Waals surface area (Å²) in [4.78, 5) is 17.6. The number of halogens is 1. The van der Waals surface area contributed by atoms with Gasteiger partial charge in [-0.1, -0.05) is 78.0 Å². The summed E-state index contributed by atoms with van der Waals surface area (Å²) in [7, 11) is 0. The maximum Gasteiger partial charge on any atom is 0.230 e. The summed E-state index contributed by atoms with van der Waals surface area (Å²) >= 11 is 7.67. The molecule has 0 bridgehead atoms. The number of rotatable bonds is 6. The molecule has 1 N–H and O–H groups in total. The summed E-state index contributed by atoms with van der Waals surface area (Å²) in [6, 6.07) is 24.6. The van der Waals surface area contributed by atoms with Gasteiger partial charge >= 0.3 is 0 Å². The second-order valence-electron chi connectivity index (χ2n) is 8.10. The average molecular weight is 462 g/mol. The van der Waals surface area contributed by atoms with E-state index in [2.05, 4.69) is 46.3 Å². The van der Waals surface area contributed by atoms with Gasteiger partial charge in [-0.25, -0.2) is 4.98 Å². The Morgan fingerprint density at radius 2 is 1.91 bits per heavy atom. The highest BCUT2D eigenvalue weighted by Gasteiger charge is 2.22. The van der Waals surface area contributed by atoms with Crippen molar-refractivity contribution in [2.75, 3.05) is 5.75 Å². The molecule has 0 fully saturated rings. The largest absolute Gasteiger partial charge is 0.349 e. The van der Waals surface area contributed by atoms with Crippen LogP contribution in [0.5, 0.6) is 0 Å². The number of imidazole rings is 1. The molecule has 5 rings (SSSR count). The van der Waals surface area contributed by atoms with Crippen molar-refractivity contribution >= 4 is 40.3 Å². The van der Waals surface area contributed by atoms with E-state index in [1.165, 1.54) is 28.5 Å². The van der Waals surface area contributed by atoms with Gasteiger partial charge in [-0.05, 0) is 54.2 Å². The molecule has 0 saturated carbocycles. The van der Waals surface area contributed by atoms with Gasteiger partial charge in [0, 0.05) is 5.02 Å². The number of hydrogen-bond donors (Lipinski definition) is 1. The summed E-state index contributed by atoms with van der Waals surface area (Å²) in [5.74, 6) is 0.359. The van der Waals surface area contributed by atoms with Crippen molar-refractivity contribution < 1.29 is 4.79 Å². The van der Waals surface area contributed by atoms with Gasteiger partial charge in [-0.2, -0.15) is 0 Å². The zero-order valence-electron chi connectivity index (χ0n) is 17.6. The Hall–Kier alpha value is -2.76. The first-order valence-corrected chi connectivity index (χ1v) is 12.2. The topological polar surface area (TPSA) is 46.9 Å². The smallest absolute Gasteiger partial charge is 0.230 e. The van der Waals surface area contributed by atoms with Crippen LogP contribution in [0, 0.1) is 0 Å². The first kappa shape index (κ1) is 21.1. The van der Waals surface area contributed by atoms with Crippen LogP contribution in [0.15, 0.2) is 78.0 Å². The molecule has 4 aromatic rings. The van der Waals surface area contributed by atoms with Crippen molar-refractivity contribution in [3.05, 3.63) is 94.5 Å². The van der Waals surface area contributed by atoms with Crippen LogP contribution in [0.4, 0.5) is 0 Å². The fourth-order valence-corrected chi connectivity index (χ4v) is 5.37. The zero-order chi connectivity index (χ0) is 21.9. The zero-order valence-corrected chi connectivity index (χ0v) is 19.2. The van der Waals surface area contributed by atoms with E-state index in [4.69, 9.17) is 16.6 Å². The van der Waals surface area contributed by atoms with Crippen LogP contribution in [0.25, 0.3) is 11.0 Å². The Morgan fingerprint density at radius 3 is 2.78 bits per heavy atom. The number of benzene rings is 3. The van der Waals surface area contributed by atoms with E-state index >= 15 is 0 Å². The number of carbonyl (C=O) groups is 1. The molecule has 0 spiro atoms. The van der Waals surface area contributed by atoms with Crippen molar-refractivity contribution in [3.63, 3.8) is 0 Å². The van der Waals surface area contributed by atoms with Crippen molar-refractivity contribution in [1.29, 1.82) is 0 Å². The molecule has 0 radical (unpaired) electrons. The molecular formula is C26H24ClN3OS. The molecule has 162 valence electrons. The maximum atomic E-state index is 12.8. The van der Waals surface area contributed by atoms with Crippen molar-refractivity contribution in [2.45, 2.75) is 37.0 Å². The van der Waals surface area contributed by atoms with E-state index in [1.54, 1.807) is 0 Å². The number of aromatic nitrogens is 2. The normalized spacial score (nSPS) is 15.5. The third-order valence-electron chi connectivity index (χ3n) is 5.90. The first-order valence-electron chi connectivity index (χ1n) is 10.9. The molecule has 32 heavy (non-hydrogen) atoms. The van der Waals surface area contributed by atoms with Gasteiger partial charge in [0.05, 0.1) is 29.4 Å². The van der Waals surface area contributed by atoms with Gasteiger partial charge in [0.2, 0.25) is 5.91 Å². The van der Waals surface area contributed by atoms with Crippen LogP contribution >= 0.6 is 23.4 Å². The van der Waals surface area contributed by atoms with E-state index in [-0.39, 0.29) is 11.9 Å². The lowest BCUT2D eigenvalue weighted by Gasteiger charge is -2.26. The SMILES string of the molecule is O=C(CSc1nc2cc(Cl)ccc2n1Cc1ccccc1)N[C@H]1CCCc2ccccc21. The fraction of sp³-hybridized carbons (Fsp3) is 0.231. The highest BCUT2D eigenvalue weighted by molar-refractivity contribution is 7.99. The molecule has 1 atom stereocenters. The molecular weight excluding hydrogens is 438 g/mol. The monoisotopic (exact) mass is 461 g/mol. The molecule has 1 aliphatic rings. The van der Waals surface area contributed by atoms with E-state index in [1.807, 2.05) is 36.4 Å². The minimum Gasteiger partial charge on any atom is -0.349 e. The summed E-state index contributed by atoms with van der Waals surface area (Å²) < 4.78 is 2.16. The highest BCUT2D eigenvalue weighted by Crippen LogP contribution is 2.30. The molecule has 0 saturated heterocycles. The quantitative estimate of drug-likeness (QED) is 0.357. The Balaban J connectivity index is 1.34. The molecule has 0 aliphatic heterocycles. The van der Waals surface area contributed by atoms with E-state index in [0.29, 0.717) is 17.3 Å². The molecule has 1 aliphatic carbocycles. The summed E-state index contributed by atoms with van der Waals surface area (Å²) in [6.45, 7) is 0.693. The van der Waals surface area contributed by atoms with Gasteiger partial charge in [0.15, 0.2) is 5.16 Å². The van der Waals surface area contributed by atoms with Crippen LogP contribution in [-0.2, 0) is 17.8 Å². The molecule has 3 aromatic carbocycles. The van der Waals surface area contributed by atoms with Crippen molar-refractivity contribution in [2.24, 2.45) is 0 Å². The van der Waals surface area contributed by atoms with Crippen LogP contribution in [0.3, 0.4) is 0 Å². The lowest BCUT2D eigenvalue weighted by molar-refractivity contribution is -0.119. The third kappa shape index (κ3) is 4.54. The fourth-order valence-electron chi connectivity index (χ4n) is 4.38. The Kier molecular flexibility index (Phi) is 6.19. The molecule has 1 amide bonds. The van der Waals surface area contributed by atoms with Gasteiger partial charge in [0.1, 0.15) is 0 Å². The Bertz CT molecular complexity index is 1250. The lowest BCUT2D eigenvalue weighted by Crippen LogP contribution is -2.32. The van der Waals surface area contributed by atoms with Crippen molar-refractivity contribution in [1.82, 2.24) is 14.9 Å². The third-order valence-corrected chi connectivity index (χ3v) is 7.11. The highest BCUT2D eigenvalue weighted by atomic mass is 35.5. The number of amides is 1. The van der Waals surface area contributed by atoms with Gasteiger partial charge in [-0.15, -0.1) is 0 Å². The number of aryl methyl sites for hydroxylation is 1. The van der Waals surface area contributed by atoms with Crippen LogP contribution < -0.4 is 5.32 Å². The first-order chi connectivity index (χ1) is 15.7. The van der Waals surface area contributed by atoms with Gasteiger partial charge in [-0.3, -0.25) is 4.79 Å². The molecule has 4 nitrogen and oxygen atoms in total. The minimum atomic E-state index is 0.0352. The number of hydrogen-bond acceptors (Lipinski definition) is 3. The molecule has 1 heterocycles. The summed E-state index contributed by atoms with van der Waals surface area (Å²) in [6.07, 6.45) is 3.17. The van der Waals surface area contributed by atoms with E-state index in [0.717, 1.165) is 35.5 Å². The van der Waals surface area contributed by atoms with Crippen molar-refractivity contribution in [3.8, 4) is 0 Å². The number of carbonyl (C=O) groups excluding carboxylic acids is 1. The number of nitrogens with zero attached hydrogens (tertiary/aromatic N) is 2. The number of fused-ring (bicyclic) bond motifs is 2. The standard InChI is InChI=1S/C26H24ClN3OS/c27-20-13-14-24-23(15-20)29-26(30(24)16-18-7-2-1-3-8-18)32-17-25(31)28-22-12-6-10-19-9-4-5-11-21(19)22/h1-5,7-9,11,13-15,22H,6,10,12,16-17H2,(H,28,31)/t22-/m0/s1. The second kappa shape index (κ2) is 9.39. The van der Waals surface area contributed by atoms with E-state index in [9.17, 15) is 4.79 Å². The van der Waals surface area contributed by atoms with Gasteiger partial charge in [0.25, 0.3) is 0 Å². The number of thioether (sulfide) groups is 1. The predicted molar refractivity (Wildman–Crippen MR) is 131 cm³/mol. The average Bonchev–Trinajstić information content (AvgIpc) is 3.15. The minimum absolute atomic E-state index is 0.0352.